The van der Waals surface area contributed by atoms with Gasteiger partial charge < -0.3 is 0 Å². The number of rotatable bonds is 6. The molecule has 6 nitrogen and oxygen atoms in total. The molecule has 0 radical (unpaired) electrons. The number of anilines is 1. The fourth-order valence-electron chi connectivity index (χ4n) is 4.17. The zero-order valence-electron chi connectivity index (χ0n) is 18.7. The summed E-state index contributed by atoms with van der Waals surface area (Å²) in [5.74, 6) is -1.01. The van der Waals surface area contributed by atoms with Crippen LogP contribution in [0.15, 0.2) is 71.6 Å². The minimum atomic E-state index is -4.10. The predicted molar refractivity (Wildman–Crippen MR) is 130 cm³/mol. The highest BCUT2D eigenvalue weighted by Gasteiger charge is 2.51. The van der Waals surface area contributed by atoms with Crippen LogP contribution in [0.1, 0.15) is 33.6 Å². The van der Waals surface area contributed by atoms with Crippen LogP contribution in [0.4, 0.5) is 5.69 Å². The molecule has 4 rings (SSSR count). The van der Waals surface area contributed by atoms with Crippen molar-refractivity contribution in [2.75, 3.05) is 4.90 Å². The van der Waals surface area contributed by atoms with Crippen LogP contribution >= 0.6 is 11.6 Å². The molecule has 8 heteroatoms. The number of carbonyl (C=O) groups excluding carboxylic acids is 2. The van der Waals surface area contributed by atoms with Gasteiger partial charge in [0.1, 0.15) is 6.04 Å². The fraction of sp³-hybridized carbons (Fsp3) is 0.280. The minimum absolute atomic E-state index is 0.0907. The number of carbonyl (C=O) groups is 2. The quantitative estimate of drug-likeness (QED) is 0.461. The smallest absolute Gasteiger partial charge is 0.252 e. The zero-order valence-corrected chi connectivity index (χ0v) is 20.2. The fourth-order valence-corrected chi connectivity index (χ4v) is 6.32. The van der Waals surface area contributed by atoms with Crippen LogP contribution in [0.3, 0.4) is 0 Å². The predicted octanol–water partition coefficient (Wildman–Crippen LogP) is 5.00. The topological polar surface area (TPSA) is 74.8 Å². The third-order valence-corrected chi connectivity index (χ3v) is 8.60. The Bertz CT molecular complexity index is 1340. The van der Waals surface area contributed by atoms with Crippen molar-refractivity contribution in [1.82, 2.24) is 4.31 Å². The van der Waals surface area contributed by atoms with E-state index in [1.54, 1.807) is 56.3 Å². The van der Waals surface area contributed by atoms with Crippen molar-refractivity contribution in [1.29, 1.82) is 0 Å². The SMILES string of the molecule is CCC(C)(C)N(C1CC(=O)N(c2ccc(Cl)cc2)C1=O)S(=O)(=O)c1ccc2ccccc2c1. The molecule has 0 N–H and O–H groups in total. The van der Waals surface area contributed by atoms with Gasteiger partial charge in [-0.2, -0.15) is 4.31 Å². The van der Waals surface area contributed by atoms with Gasteiger partial charge in [-0.1, -0.05) is 48.9 Å². The monoisotopic (exact) mass is 484 g/mol. The van der Waals surface area contributed by atoms with Crippen LogP contribution in [-0.2, 0) is 19.6 Å². The summed E-state index contributed by atoms with van der Waals surface area (Å²) in [6, 6.07) is 17.6. The summed E-state index contributed by atoms with van der Waals surface area (Å²) < 4.78 is 29.1. The summed E-state index contributed by atoms with van der Waals surface area (Å²) in [6.45, 7) is 5.41. The lowest BCUT2D eigenvalue weighted by Crippen LogP contribution is -2.55. The summed E-state index contributed by atoms with van der Waals surface area (Å²) in [5, 5.41) is 2.17. The Kier molecular flexibility index (Phi) is 6.07. The van der Waals surface area contributed by atoms with Gasteiger partial charge in [0.05, 0.1) is 17.0 Å². The Labute approximate surface area is 198 Å². The molecule has 1 aliphatic rings. The van der Waals surface area contributed by atoms with Gasteiger partial charge in [0.25, 0.3) is 5.91 Å². The highest BCUT2D eigenvalue weighted by molar-refractivity contribution is 7.89. The van der Waals surface area contributed by atoms with Crippen LogP contribution in [0.5, 0.6) is 0 Å². The third-order valence-electron chi connectivity index (χ3n) is 6.23. The summed E-state index contributed by atoms with van der Waals surface area (Å²) >= 11 is 5.94. The molecule has 0 aliphatic carbocycles. The lowest BCUT2D eigenvalue weighted by molar-refractivity contribution is -0.122. The van der Waals surface area contributed by atoms with E-state index in [2.05, 4.69) is 0 Å². The second-order valence-corrected chi connectivity index (χ2v) is 11.0. The molecule has 1 saturated heterocycles. The van der Waals surface area contributed by atoms with E-state index in [1.807, 2.05) is 31.2 Å². The maximum absolute atomic E-state index is 13.9. The van der Waals surface area contributed by atoms with Crippen molar-refractivity contribution in [3.8, 4) is 0 Å². The summed E-state index contributed by atoms with van der Waals surface area (Å²) in [4.78, 5) is 27.5. The van der Waals surface area contributed by atoms with Crippen LogP contribution in [0.25, 0.3) is 10.8 Å². The second-order valence-electron chi connectivity index (χ2n) is 8.74. The van der Waals surface area contributed by atoms with Crippen LogP contribution in [-0.4, -0.2) is 36.1 Å². The molecule has 1 aliphatic heterocycles. The average Bonchev–Trinajstić information content (AvgIpc) is 3.07. The first-order valence-corrected chi connectivity index (χ1v) is 12.5. The van der Waals surface area contributed by atoms with E-state index in [0.717, 1.165) is 15.7 Å². The highest BCUT2D eigenvalue weighted by Crippen LogP contribution is 2.36. The molecule has 1 heterocycles. The van der Waals surface area contributed by atoms with Crippen molar-refractivity contribution in [2.45, 2.75) is 50.1 Å². The van der Waals surface area contributed by atoms with Gasteiger partial charge in [0.15, 0.2) is 0 Å². The number of benzene rings is 3. The van der Waals surface area contributed by atoms with Crippen LogP contribution in [0, 0.1) is 0 Å². The van der Waals surface area contributed by atoms with Gasteiger partial charge in [-0.25, -0.2) is 13.3 Å². The molecule has 1 fully saturated rings. The summed E-state index contributed by atoms with van der Waals surface area (Å²) in [7, 11) is -4.10. The average molecular weight is 485 g/mol. The van der Waals surface area contributed by atoms with Crippen molar-refractivity contribution in [2.24, 2.45) is 0 Å². The van der Waals surface area contributed by atoms with E-state index >= 15 is 0 Å². The maximum atomic E-state index is 13.9. The van der Waals surface area contributed by atoms with E-state index < -0.39 is 33.4 Å². The first-order chi connectivity index (χ1) is 15.6. The lowest BCUT2D eigenvalue weighted by atomic mass is 10.00. The summed E-state index contributed by atoms with van der Waals surface area (Å²) in [5.41, 5.74) is -0.532. The first kappa shape index (κ1) is 23.4. The van der Waals surface area contributed by atoms with Crippen molar-refractivity contribution in [3.05, 3.63) is 71.8 Å². The van der Waals surface area contributed by atoms with Gasteiger partial charge in [0.2, 0.25) is 15.9 Å². The first-order valence-electron chi connectivity index (χ1n) is 10.7. The molecular weight excluding hydrogens is 460 g/mol. The number of amides is 2. The van der Waals surface area contributed by atoms with E-state index in [9.17, 15) is 18.0 Å². The van der Waals surface area contributed by atoms with E-state index in [1.165, 1.54) is 4.31 Å². The highest BCUT2D eigenvalue weighted by atomic mass is 35.5. The molecule has 3 aromatic carbocycles. The summed E-state index contributed by atoms with van der Waals surface area (Å²) in [6.07, 6.45) is 0.233. The largest absolute Gasteiger partial charge is 0.274 e. The number of hydrogen-bond donors (Lipinski definition) is 0. The van der Waals surface area contributed by atoms with E-state index in [-0.39, 0.29) is 11.3 Å². The van der Waals surface area contributed by atoms with E-state index in [0.29, 0.717) is 17.1 Å². The zero-order chi connectivity index (χ0) is 24.0. The normalized spacial score (nSPS) is 17.4. The molecular formula is C25H25ClN2O4S. The molecule has 0 aromatic heterocycles. The number of imide groups is 1. The Morgan fingerprint density at radius 1 is 1.00 bits per heavy atom. The Morgan fingerprint density at radius 3 is 2.27 bits per heavy atom. The number of nitrogens with zero attached hydrogens (tertiary/aromatic N) is 2. The molecule has 2 amide bonds. The molecule has 3 aromatic rings. The Morgan fingerprint density at radius 2 is 1.64 bits per heavy atom. The third kappa shape index (κ3) is 4.16. The van der Waals surface area contributed by atoms with Gasteiger partial charge in [-0.05, 0) is 67.4 Å². The van der Waals surface area contributed by atoms with Gasteiger partial charge in [0, 0.05) is 10.6 Å². The standard InChI is InChI=1S/C25H25ClN2O4S/c1-4-25(2,3)28(33(31,32)21-14-9-17-7-5-6-8-18(17)15-21)22-16-23(29)27(24(22)30)20-12-10-19(26)11-13-20/h5-15,22H,4,16H2,1-3H3. The van der Waals surface area contributed by atoms with E-state index in [4.69, 9.17) is 11.6 Å². The number of sulfonamides is 1. The van der Waals surface area contributed by atoms with Gasteiger partial charge >= 0.3 is 0 Å². The Hall–Kier alpha value is -2.74. The molecule has 33 heavy (non-hydrogen) atoms. The number of halogens is 1. The van der Waals surface area contributed by atoms with Gasteiger partial charge in [-0.15, -0.1) is 0 Å². The van der Waals surface area contributed by atoms with Crippen LogP contribution in [0.2, 0.25) is 5.02 Å². The molecule has 0 spiro atoms. The van der Waals surface area contributed by atoms with Crippen LogP contribution < -0.4 is 4.90 Å². The Balaban J connectivity index is 1.80. The maximum Gasteiger partial charge on any atom is 0.252 e. The number of fused-ring (bicyclic) bond motifs is 1. The molecule has 0 saturated carbocycles. The molecule has 172 valence electrons. The molecule has 0 bridgehead atoms. The van der Waals surface area contributed by atoms with Crippen molar-refractivity contribution >= 4 is 49.9 Å². The second kappa shape index (κ2) is 8.56. The number of hydrogen-bond acceptors (Lipinski definition) is 4. The van der Waals surface area contributed by atoms with Crippen molar-refractivity contribution < 1.29 is 18.0 Å². The lowest BCUT2D eigenvalue weighted by Gasteiger charge is -2.39. The minimum Gasteiger partial charge on any atom is -0.274 e. The van der Waals surface area contributed by atoms with Gasteiger partial charge in [-0.3, -0.25) is 9.59 Å². The van der Waals surface area contributed by atoms with Crippen molar-refractivity contribution in [3.63, 3.8) is 0 Å². The molecule has 1 atom stereocenters. The molecule has 1 unspecified atom stereocenters.